The van der Waals surface area contributed by atoms with Gasteiger partial charge in [0.2, 0.25) is 11.8 Å². The summed E-state index contributed by atoms with van der Waals surface area (Å²) in [6, 6.07) is 3.43. The molecule has 1 aromatic rings. The predicted molar refractivity (Wildman–Crippen MR) is 96.3 cm³/mol. The van der Waals surface area contributed by atoms with Gasteiger partial charge in [-0.05, 0) is 26.0 Å². The van der Waals surface area contributed by atoms with Crippen molar-refractivity contribution < 1.29 is 29.0 Å². The van der Waals surface area contributed by atoms with Gasteiger partial charge in [-0.1, -0.05) is 6.07 Å². The molecule has 0 radical (unpaired) electrons. The van der Waals surface area contributed by atoms with Crippen molar-refractivity contribution >= 4 is 29.5 Å². The van der Waals surface area contributed by atoms with Crippen LogP contribution in [0.2, 0.25) is 0 Å². The Morgan fingerprint density at radius 1 is 1.26 bits per heavy atom. The summed E-state index contributed by atoms with van der Waals surface area (Å²) in [6.07, 6.45) is -0.0261. The Balaban J connectivity index is 1.72. The number of fused-ring (bicyclic) bond motifs is 1. The molecule has 0 aromatic heterocycles. The molecule has 2 heterocycles. The second-order valence-corrected chi connectivity index (χ2v) is 8.71. The number of aliphatic carboxylic acids is 1. The SMILES string of the molecule is COc1cccc(OC)c1CC(=O)N[C@@H]1C(=O)N2[C@@H]1SC(C)(C)[C@@H]2C(=O)[O-]. The maximum Gasteiger partial charge on any atom is 0.249 e. The Morgan fingerprint density at radius 2 is 1.85 bits per heavy atom. The van der Waals surface area contributed by atoms with E-state index in [9.17, 15) is 19.5 Å². The number of thioether (sulfide) groups is 1. The van der Waals surface area contributed by atoms with Gasteiger partial charge in [0.05, 0.1) is 32.7 Å². The largest absolute Gasteiger partial charge is 0.548 e. The molecule has 1 aromatic carbocycles. The van der Waals surface area contributed by atoms with E-state index in [-0.39, 0.29) is 12.3 Å². The van der Waals surface area contributed by atoms with Gasteiger partial charge in [-0.3, -0.25) is 9.59 Å². The Bertz CT molecular complexity index is 774. The van der Waals surface area contributed by atoms with Gasteiger partial charge in [0, 0.05) is 10.3 Å². The van der Waals surface area contributed by atoms with Crippen LogP contribution in [0.3, 0.4) is 0 Å². The van der Waals surface area contributed by atoms with E-state index in [1.54, 1.807) is 32.0 Å². The van der Waals surface area contributed by atoms with Gasteiger partial charge in [-0.2, -0.15) is 0 Å². The van der Waals surface area contributed by atoms with Crippen LogP contribution in [0.25, 0.3) is 0 Å². The van der Waals surface area contributed by atoms with Crippen molar-refractivity contribution in [3.8, 4) is 11.5 Å². The molecule has 2 aliphatic heterocycles. The molecule has 0 bridgehead atoms. The number of carboxylic acid groups (broad SMARTS) is 1. The molecule has 2 aliphatic rings. The van der Waals surface area contributed by atoms with Crippen LogP contribution in [0.4, 0.5) is 0 Å². The Kier molecular flexibility index (Phi) is 4.98. The fourth-order valence-electron chi connectivity index (χ4n) is 3.61. The van der Waals surface area contributed by atoms with Crippen LogP contribution < -0.4 is 19.9 Å². The summed E-state index contributed by atoms with van der Waals surface area (Å²) in [4.78, 5) is 37.7. The molecule has 0 saturated carbocycles. The third kappa shape index (κ3) is 3.20. The molecule has 3 atom stereocenters. The molecule has 9 heteroatoms. The summed E-state index contributed by atoms with van der Waals surface area (Å²) in [5.41, 5.74) is 0.579. The Morgan fingerprint density at radius 3 is 2.37 bits per heavy atom. The van der Waals surface area contributed by atoms with Crippen molar-refractivity contribution in [2.24, 2.45) is 0 Å². The molecule has 0 spiro atoms. The number of benzene rings is 1. The first-order valence-electron chi connectivity index (χ1n) is 8.41. The van der Waals surface area contributed by atoms with Crippen LogP contribution in [0.5, 0.6) is 11.5 Å². The zero-order chi connectivity index (χ0) is 19.9. The van der Waals surface area contributed by atoms with Gasteiger partial charge in [0.1, 0.15) is 22.9 Å². The van der Waals surface area contributed by atoms with Crippen molar-refractivity contribution in [3.05, 3.63) is 23.8 Å². The van der Waals surface area contributed by atoms with Gasteiger partial charge >= 0.3 is 0 Å². The molecule has 27 heavy (non-hydrogen) atoms. The smallest absolute Gasteiger partial charge is 0.249 e. The molecule has 146 valence electrons. The monoisotopic (exact) mass is 393 g/mol. The molecule has 2 amide bonds. The highest BCUT2D eigenvalue weighted by molar-refractivity contribution is 8.01. The molecule has 0 unspecified atom stereocenters. The van der Waals surface area contributed by atoms with Gasteiger partial charge in [-0.25, -0.2) is 0 Å². The zero-order valence-electron chi connectivity index (χ0n) is 15.5. The van der Waals surface area contributed by atoms with E-state index >= 15 is 0 Å². The number of hydrogen-bond acceptors (Lipinski definition) is 7. The fourth-order valence-corrected chi connectivity index (χ4v) is 5.23. The number of amides is 2. The molecule has 0 aliphatic carbocycles. The number of carboxylic acids is 1. The van der Waals surface area contributed by atoms with Crippen LogP contribution >= 0.6 is 11.8 Å². The number of nitrogens with one attached hydrogen (secondary N) is 1. The van der Waals surface area contributed by atoms with Gasteiger partial charge in [0.15, 0.2) is 0 Å². The zero-order valence-corrected chi connectivity index (χ0v) is 16.3. The Labute approximate surface area is 161 Å². The second-order valence-electron chi connectivity index (χ2n) is 6.94. The average molecular weight is 393 g/mol. The van der Waals surface area contributed by atoms with Gasteiger partial charge in [-0.15, -0.1) is 11.8 Å². The molecule has 3 rings (SSSR count). The highest BCUT2D eigenvalue weighted by atomic mass is 32.2. The summed E-state index contributed by atoms with van der Waals surface area (Å²) in [6.45, 7) is 3.50. The lowest BCUT2D eigenvalue weighted by molar-refractivity contribution is -0.312. The molecule has 2 fully saturated rings. The normalized spacial score (nSPS) is 25.4. The summed E-state index contributed by atoms with van der Waals surface area (Å²) in [7, 11) is 3.00. The van der Waals surface area contributed by atoms with Gasteiger partial charge < -0.3 is 29.6 Å². The van der Waals surface area contributed by atoms with E-state index < -0.39 is 34.1 Å². The van der Waals surface area contributed by atoms with Crippen molar-refractivity contribution in [1.82, 2.24) is 10.2 Å². The summed E-state index contributed by atoms with van der Waals surface area (Å²) in [5.74, 6) is -1.04. The van der Waals surface area contributed by atoms with Crippen molar-refractivity contribution in [3.63, 3.8) is 0 Å². The number of hydrogen-bond donors (Lipinski definition) is 1. The van der Waals surface area contributed by atoms with Crippen LogP contribution in [0, 0.1) is 0 Å². The summed E-state index contributed by atoms with van der Waals surface area (Å²) < 4.78 is 9.87. The second kappa shape index (κ2) is 6.95. The number of methoxy groups -OCH3 is 2. The lowest BCUT2D eigenvalue weighted by Crippen LogP contribution is -2.71. The first-order valence-corrected chi connectivity index (χ1v) is 9.29. The molecule has 1 N–H and O–H groups in total. The van der Waals surface area contributed by atoms with Crippen LogP contribution in [-0.2, 0) is 20.8 Å². The number of ether oxygens (including phenoxy) is 2. The maximum absolute atomic E-state index is 12.5. The summed E-state index contributed by atoms with van der Waals surface area (Å²) in [5, 5.41) is 13.7. The third-order valence-corrected chi connectivity index (χ3v) is 6.42. The van der Waals surface area contributed by atoms with Crippen molar-refractivity contribution in [1.29, 1.82) is 0 Å². The topological polar surface area (TPSA) is 108 Å². The van der Waals surface area contributed by atoms with E-state index in [4.69, 9.17) is 9.47 Å². The minimum absolute atomic E-state index is 0.0261. The number of carbonyl (C=O) groups is 3. The van der Waals surface area contributed by atoms with Crippen LogP contribution in [0.1, 0.15) is 19.4 Å². The van der Waals surface area contributed by atoms with Crippen molar-refractivity contribution in [2.45, 2.75) is 42.5 Å². The standard InChI is InChI=1S/C18H22N2O6S/c1-18(2)14(17(23)24)20-15(22)13(16(20)27-18)19-12(21)8-9-10(25-3)6-5-7-11(9)26-4/h5-7,13-14,16H,8H2,1-4H3,(H,19,21)(H,23,24)/p-1/t13-,14+,16-/m1/s1. The van der Waals surface area contributed by atoms with E-state index in [1.165, 1.54) is 30.9 Å². The molecule has 8 nitrogen and oxygen atoms in total. The molecular formula is C18H21N2O6S-. The lowest BCUT2D eigenvalue weighted by atomic mass is 9.96. The van der Waals surface area contributed by atoms with E-state index in [1.807, 2.05) is 0 Å². The quantitative estimate of drug-likeness (QED) is 0.652. The number of carbonyl (C=O) groups excluding carboxylic acids is 3. The van der Waals surface area contributed by atoms with Gasteiger partial charge in [0.25, 0.3) is 0 Å². The molecule has 2 saturated heterocycles. The third-order valence-electron chi connectivity index (χ3n) is 4.85. The minimum Gasteiger partial charge on any atom is -0.548 e. The van der Waals surface area contributed by atoms with Crippen LogP contribution in [0.15, 0.2) is 18.2 Å². The first-order chi connectivity index (χ1) is 12.7. The van der Waals surface area contributed by atoms with E-state index in [2.05, 4.69) is 5.32 Å². The predicted octanol–water partition coefficient (Wildman–Crippen LogP) is -0.457. The number of nitrogens with zero attached hydrogens (tertiary/aromatic N) is 1. The van der Waals surface area contributed by atoms with Crippen LogP contribution in [-0.4, -0.2) is 59.1 Å². The fraction of sp³-hybridized carbons (Fsp3) is 0.500. The minimum atomic E-state index is -1.29. The lowest BCUT2D eigenvalue weighted by Gasteiger charge is -2.45. The maximum atomic E-state index is 12.5. The number of β-lactam (4-membered cyclic amide) rings is 1. The van der Waals surface area contributed by atoms with E-state index in [0.29, 0.717) is 17.1 Å². The van der Waals surface area contributed by atoms with E-state index in [0.717, 1.165) is 0 Å². The summed E-state index contributed by atoms with van der Waals surface area (Å²) >= 11 is 1.35. The Hall–Kier alpha value is -2.42. The highest BCUT2D eigenvalue weighted by Crippen LogP contribution is 2.50. The average Bonchev–Trinajstić information content (AvgIpc) is 2.88. The number of rotatable bonds is 6. The molecular weight excluding hydrogens is 372 g/mol. The first kappa shape index (κ1) is 19.3. The highest BCUT2D eigenvalue weighted by Gasteiger charge is 2.62. The van der Waals surface area contributed by atoms with Crippen molar-refractivity contribution in [2.75, 3.05) is 14.2 Å².